The van der Waals surface area contributed by atoms with Crippen LogP contribution in [0.15, 0.2) is 146 Å². The molecular formula is C54H52N2. The van der Waals surface area contributed by atoms with Crippen molar-refractivity contribution in [2.75, 3.05) is 9.80 Å². The number of nitrogens with zero attached hydrogens (tertiary/aromatic N) is 2. The van der Waals surface area contributed by atoms with Crippen molar-refractivity contribution in [3.8, 4) is 0 Å². The monoisotopic (exact) mass is 728 g/mol. The Morgan fingerprint density at radius 1 is 0.268 bits per heavy atom. The predicted octanol–water partition coefficient (Wildman–Crippen LogP) is 15.4. The van der Waals surface area contributed by atoms with Crippen molar-refractivity contribution in [2.24, 2.45) is 0 Å². The minimum Gasteiger partial charge on any atom is -0.310 e. The Morgan fingerprint density at radius 3 is 0.696 bits per heavy atom. The van der Waals surface area contributed by atoms with Crippen LogP contribution in [0.1, 0.15) is 66.8 Å². The molecule has 0 aliphatic heterocycles. The lowest BCUT2D eigenvalue weighted by molar-refractivity contribution is 1.21. The minimum absolute atomic E-state index is 1.15. The van der Waals surface area contributed by atoms with Gasteiger partial charge >= 0.3 is 0 Å². The number of anilines is 6. The van der Waals surface area contributed by atoms with E-state index in [-0.39, 0.29) is 0 Å². The number of aryl methyl sites for hydroxylation is 8. The Bertz CT molecular complexity index is 2250. The molecule has 2 heteroatoms. The van der Waals surface area contributed by atoms with E-state index in [0.29, 0.717) is 0 Å². The van der Waals surface area contributed by atoms with Gasteiger partial charge in [0.05, 0.1) is 0 Å². The molecule has 56 heavy (non-hydrogen) atoms. The highest BCUT2D eigenvalue weighted by Gasteiger charge is 2.18. The molecule has 278 valence electrons. The van der Waals surface area contributed by atoms with Gasteiger partial charge in [-0.25, -0.2) is 0 Å². The van der Waals surface area contributed by atoms with E-state index in [4.69, 9.17) is 0 Å². The second-order valence-electron chi connectivity index (χ2n) is 15.3. The van der Waals surface area contributed by atoms with E-state index in [0.717, 1.165) is 22.5 Å². The fraction of sp³-hybridized carbons (Fsp3) is 0.148. The average molecular weight is 729 g/mol. The zero-order valence-corrected chi connectivity index (χ0v) is 34.1. The maximum absolute atomic E-state index is 2.38. The molecule has 7 rings (SSSR count). The Morgan fingerprint density at radius 2 is 0.482 bits per heavy atom. The molecule has 0 fully saturated rings. The molecule has 0 atom stereocenters. The van der Waals surface area contributed by atoms with Gasteiger partial charge in [-0.2, -0.15) is 0 Å². The van der Waals surface area contributed by atoms with Crippen molar-refractivity contribution < 1.29 is 0 Å². The highest BCUT2D eigenvalue weighted by atomic mass is 15.2. The maximum atomic E-state index is 2.38. The van der Waals surface area contributed by atoms with Gasteiger partial charge in [-0.1, -0.05) is 144 Å². The summed E-state index contributed by atoms with van der Waals surface area (Å²) >= 11 is 0. The van der Waals surface area contributed by atoms with Crippen molar-refractivity contribution in [1.29, 1.82) is 0 Å². The first kappa shape index (κ1) is 37.9. The second kappa shape index (κ2) is 16.6. The molecular weight excluding hydrogens is 677 g/mol. The minimum atomic E-state index is 1.15. The molecule has 7 aromatic rings. The Labute approximate surface area is 334 Å². The van der Waals surface area contributed by atoms with Crippen molar-refractivity contribution in [1.82, 2.24) is 0 Å². The molecule has 0 saturated heterocycles. The van der Waals surface area contributed by atoms with E-state index in [9.17, 15) is 0 Å². The summed E-state index contributed by atoms with van der Waals surface area (Å²) in [6.45, 7) is 17.4. The van der Waals surface area contributed by atoms with E-state index in [1.807, 2.05) is 0 Å². The summed E-state index contributed by atoms with van der Waals surface area (Å²) in [5.41, 5.74) is 21.9. The van der Waals surface area contributed by atoms with Crippen LogP contribution in [0.4, 0.5) is 34.1 Å². The molecule has 0 aliphatic carbocycles. The lowest BCUT2D eigenvalue weighted by Gasteiger charge is -2.29. The van der Waals surface area contributed by atoms with Crippen LogP contribution >= 0.6 is 0 Å². The number of benzene rings is 7. The summed E-state index contributed by atoms with van der Waals surface area (Å²) in [5, 5.41) is 0. The number of hydrogen-bond acceptors (Lipinski definition) is 2. The van der Waals surface area contributed by atoms with Crippen molar-refractivity contribution >= 4 is 58.4 Å². The molecule has 0 aliphatic rings. The van der Waals surface area contributed by atoms with Gasteiger partial charge in [0.2, 0.25) is 0 Å². The van der Waals surface area contributed by atoms with Crippen molar-refractivity contribution in [3.63, 3.8) is 0 Å². The molecule has 7 aromatic carbocycles. The third kappa shape index (κ3) is 8.61. The fourth-order valence-electron chi connectivity index (χ4n) is 7.61. The fourth-order valence-corrected chi connectivity index (χ4v) is 7.61. The first-order valence-corrected chi connectivity index (χ1v) is 19.6. The van der Waals surface area contributed by atoms with Gasteiger partial charge < -0.3 is 9.80 Å². The topological polar surface area (TPSA) is 6.48 Å². The van der Waals surface area contributed by atoms with Crippen LogP contribution in [0.3, 0.4) is 0 Å². The first-order chi connectivity index (χ1) is 27.0. The summed E-state index contributed by atoms with van der Waals surface area (Å²) in [7, 11) is 0. The van der Waals surface area contributed by atoms with Crippen LogP contribution in [0, 0.1) is 55.4 Å². The van der Waals surface area contributed by atoms with Gasteiger partial charge in [-0.3, -0.25) is 0 Å². The van der Waals surface area contributed by atoms with Crippen LogP contribution in [-0.2, 0) is 0 Å². The highest BCUT2D eigenvalue weighted by molar-refractivity contribution is 5.83. The van der Waals surface area contributed by atoms with Crippen LogP contribution in [-0.4, -0.2) is 0 Å². The van der Waals surface area contributed by atoms with Gasteiger partial charge in [-0.15, -0.1) is 0 Å². The SMILES string of the molecule is Cc1ccc(N(c2ccc(C=Cc3ccc(C=Cc4ccc(N(c5ccc(C)cc5C)c5ccc(C)cc5C)cc4)cc3)cc2)c2ccc(C)cc2C)c(C)c1. The Balaban J connectivity index is 1.05. The third-order valence-electron chi connectivity index (χ3n) is 10.5. The predicted molar refractivity (Wildman–Crippen MR) is 244 cm³/mol. The molecule has 0 N–H and O–H groups in total. The van der Waals surface area contributed by atoms with Crippen molar-refractivity contribution in [2.45, 2.75) is 55.4 Å². The lowest BCUT2D eigenvalue weighted by Crippen LogP contribution is -2.12. The molecule has 0 saturated carbocycles. The molecule has 0 spiro atoms. The number of hydrogen-bond donors (Lipinski definition) is 0. The molecule has 0 bridgehead atoms. The lowest BCUT2D eigenvalue weighted by atomic mass is 10.0. The standard InChI is InChI=1S/C54H52N2/c1-37-9-29-51(41(5)33-37)55(52-30-10-38(2)34-42(52)6)49-25-21-47(22-26-49)19-17-45-13-15-46(16-14-45)18-20-48-23-27-50(28-24-48)56(53-31-11-39(3)35-43(53)7)54-32-12-40(4)36-44(54)8/h9-36H,1-8H3. The first-order valence-electron chi connectivity index (χ1n) is 19.6. The zero-order chi connectivity index (χ0) is 39.3. The van der Waals surface area contributed by atoms with Crippen LogP contribution in [0.5, 0.6) is 0 Å². The smallest absolute Gasteiger partial charge is 0.0491 e. The summed E-state index contributed by atoms with van der Waals surface area (Å²) in [6, 6.07) is 53.2. The Kier molecular flexibility index (Phi) is 11.2. The van der Waals surface area contributed by atoms with Gasteiger partial charge in [0, 0.05) is 34.1 Å². The van der Waals surface area contributed by atoms with E-state index in [1.54, 1.807) is 0 Å². The molecule has 2 nitrogen and oxygen atoms in total. The number of rotatable bonds is 10. The van der Waals surface area contributed by atoms with Crippen LogP contribution in [0.25, 0.3) is 24.3 Å². The van der Waals surface area contributed by atoms with Gasteiger partial charge in [-0.05, 0) is 148 Å². The van der Waals surface area contributed by atoms with Gasteiger partial charge in [0.1, 0.15) is 0 Å². The maximum Gasteiger partial charge on any atom is 0.0491 e. The molecule has 0 heterocycles. The van der Waals surface area contributed by atoms with Gasteiger partial charge in [0.15, 0.2) is 0 Å². The summed E-state index contributed by atoms with van der Waals surface area (Å²) in [4.78, 5) is 4.76. The summed E-state index contributed by atoms with van der Waals surface area (Å²) in [6.07, 6.45) is 8.75. The molecule has 0 unspecified atom stereocenters. The van der Waals surface area contributed by atoms with E-state index >= 15 is 0 Å². The Hall–Kier alpha value is -6.38. The van der Waals surface area contributed by atoms with Crippen molar-refractivity contribution in [3.05, 3.63) is 212 Å². The van der Waals surface area contributed by atoms with E-state index < -0.39 is 0 Å². The zero-order valence-electron chi connectivity index (χ0n) is 34.1. The largest absolute Gasteiger partial charge is 0.310 e. The quantitative estimate of drug-likeness (QED) is 0.129. The van der Waals surface area contributed by atoms with E-state index in [2.05, 4.69) is 235 Å². The van der Waals surface area contributed by atoms with E-state index in [1.165, 1.54) is 78.4 Å². The highest BCUT2D eigenvalue weighted by Crippen LogP contribution is 2.40. The van der Waals surface area contributed by atoms with Crippen LogP contribution < -0.4 is 9.80 Å². The summed E-state index contributed by atoms with van der Waals surface area (Å²) in [5.74, 6) is 0. The molecule has 0 radical (unpaired) electrons. The van der Waals surface area contributed by atoms with Gasteiger partial charge in [0.25, 0.3) is 0 Å². The van der Waals surface area contributed by atoms with Crippen LogP contribution in [0.2, 0.25) is 0 Å². The summed E-state index contributed by atoms with van der Waals surface area (Å²) < 4.78 is 0. The average Bonchev–Trinajstić information content (AvgIpc) is 3.18. The second-order valence-corrected chi connectivity index (χ2v) is 15.3. The molecule has 0 aromatic heterocycles. The third-order valence-corrected chi connectivity index (χ3v) is 10.5. The normalized spacial score (nSPS) is 11.4. The molecule has 0 amide bonds.